The number of carbonyl (C=O) groups excluding carboxylic acids is 1. The lowest BCUT2D eigenvalue weighted by Crippen LogP contribution is -2.41. The average molecular weight is 304 g/mol. The highest BCUT2D eigenvalue weighted by molar-refractivity contribution is 9.10. The summed E-state index contributed by atoms with van der Waals surface area (Å²) in [6, 6.07) is 2.16. The Morgan fingerprint density at radius 1 is 1.47 bits per heavy atom. The maximum absolute atomic E-state index is 11.7. The van der Waals surface area contributed by atoms with E-state index in [1.54, 1.807) is 6.07 Å². The molecule has 1 aromatic rings. The Hall–Kier alpha value is -1.30. The molecule has 0 aromatic carbocycles. The van der Waals surface area contributed by atoms with E-state index in [0.29, 0.717) is 11.1 Å². The maximum atomic E-state index is 11.7. The molecular formula is C11H14BrNO4. The first kappa shape index (κ1) is 13.8. The number of carbonyl (C=O) groups is 2. The van der Waals surface area contributed by atoms with E-state index in [9.17, 15) is 9.59 Å². The summed E-state index contributed by atoms with van der Waals surface area (Å²) in [6.07, 6.45) is 0.378. The molecule has 1 amide bonds. The minimum absolute atomic E-state index is 0.0897. The van der Waals surface area contributed by atoms with Gasteiger partial charge in [-0.05, 0) is 40.4 Å². The molecule has 17 heavy (non-hydrogen) atoms. The number of rotatable bonds is 5. The van der Waals surface area contributed by atoms with Crippen LogP contribution in [-0.4, -0.2) is 23.0 Å². The van der Waals surface area contributed by atoms with Crippen molar-refractivity contribution in [3.63, 3.8) is 0 Å². The number of nitrogens with one attached hydrogen (secondary N) is 1. The summed E-state index contributed by atoms with van der Waals surface area (Å²) in [6.45, 7) is 3.79. The number of furan rings is 1. The zero-order chi connectivity index (χ0) is 13.0. The number of hydrogen-bond acceptors (Lipinski definition) is 3. The van der Waals surface area contributed by atoms with Gasteiger partial charge in [-0.15, -0.1) is 0 Å². The van der Waals surface area contributed by atoms with Crippen LogP contribution >= 0.6 is 15.9 Å². The number of carboxylic acids is 1. The normalized spacial score (nSPS) is 12.5. The maximum Gasteiger partial charge on any atom is 0.326 e. The zero-order valence-corrected chi connectivity index (χ0v) is 11.2. The van der Waals surface area contributed by atoms with E-state index in [4.69, 9.17) is 9.52 Å². The number of hydrogen-bond donors (Lipinski definition) is 2. The number of amides is 1. The largest absolute Gasteiger partial charge is 0.480 e. The fraction of sp³-hybridized carbons (Fsp3) is 0.455. The van der Waals surface area contributed by atoms with Gasteiger partial charge in [0.05, 0.1) is 0 Å². The van der Waals surface area contributed by atoms with Gasteiger partial charge in [-0.3, -0.25) is 4.79 Å². The fourth-order valence-corrected chi connectivity index (χ4v) is 1.67. The van der Waals surface area contributed by atoms with Crippen molar-refractivity contribution in [3.8, 4) is 0 Å². The van der Waals surface area contributed by atoms with E-state index >= 15 is 0 Å². The van der Waals surface area contributed by atoms with Crippen LogP contribution in [0.15, 0.2) is 21.2 Å². The van der Waals surface area contributed by atoms with Crippen LogP contribution in [-0.2, 0) is 4.79 Å². The molecule has 1 rings (SSSR count). The van der Waals surface area contributed by atoms with Gasteiger partial charge in [0.1, 0.15) is 6.04 Å². The summed E-state index contributed by atoms with van der Waals surface area (Å²) < 4.78 is 5.47. The van der Waals surface area contributed by atoms with Crippen LogP contribution in [0.2, 0.25) is 0 Å². The average Bonchev–Trinajstić information content (AvgIpc) is 2.63. The van der Waals surface area contributed by atoms with E-state index in [1.165, 1.54) is 6.07 Å². The molecular weight excluding hydrogens is 290 g/mol. The molecule has 0 saturated heterocycles. The highest BCUT2D eigenvalue weighted by atomic mass is 79.9. The molecule has 0 bridgehead atoms. The Kier molecular flexibility index (Phi) is 4.74. The van der Waals surface area contributed by atoms with Gasteiger partial charge in [0.2, 0.25) is 0 Å². The fourth-order valence-electron chi connectivity index (χ4n) is 1.36. The molecule has 0 spiro atoms. The molecule has 0 aliphatic heterocycles. The van der Waals surface area contributed by atoms with Gasteiger partial charge in [0.15, 0.2) is 10.4 Å². The Labute approximate surface area is 107 Å². The summed E-state index contributed by atoms with van der Waals surface area (Å²) in [5, 5.41) is 11.4. The lowest BCUT2D eigenvalue weighted by Gasteiger charge is -2.15. The monoisotopic (exact) mass is 303 g/mol. The lowest BCUT2D eigenvalue weighted by molar-refractivity contribution is -0.139. The smallest absolute Gasteiger partial charge is 0.326 e. The van der Waals surface area contributed by atoms with Crippen LogP contribution in [0.1, 0.15) is 30.8 Å². The minimum Gasteiger partial charge on any atom is -0.480 e. The molecule has 94 valence electrons. The molecule has 0 aliphatic rings. The third-order valence-corrected chi connectivity index (χ3v) is 2.53. The third-order valence-electron chi connectivity index (χ3n) is 2.11. The van der Waals surface area contributed by atoms with Crippen LogP contribution in [0.25, 0.3) is 0 Å². The standard InChI is InChI=1S/C11H14BrNO4/c1-6(2)5-7(11(15)16)13-10(14)8-3-4-9(12)17-8/h3-4,6-7H,5H2,1-2H3,(H,13,14)(H,15,16)/t7-/m0/s1. The Morgan fingerprint density at radius 3 is 2.53 bits per heavy atom. The predicted molar refractivity (Wildman–Crippen MR) is 64.8 cm³/mol. The van der Waals surface area contributed by atoms with Crippen molar-refractivity contribution in [2.45, 2.75) is 26.3 Å². The SMILES string of the molecule is CC(C)C[C@H](NC(=O)c1ccc(Br)o1)C(=O)O. The summed E-state index contributed by atoms with van der Waals surface area (Å²) in [5.41, 5.74) is 0. The molecule has 0 unspecified atom stereocenters. The van der Waals surface area contributed by atoms with E-state index < -0.39 is 17.9 Å². The Bertz CT molecular complexity index is 413. The zero-order valence-electron chi connectivity index (χ0n) is 9.57. The molecule has 1 atom stereocenters. The molecule has 2 N–H and O–H groups in total. The van der Waals surface area contributed by atoms with Crippen molar-refractivity contribution in [3.05, 3.63) is 22.6 Å². The summed E-state index contributed by atoms with van der Waals surface area (Å²) >= 11 is 3.07. The van der Waals surface area contributed by atoms with Gasteiger partial charge in [-0.1, -0.05) is 13.8 Å². The van der Waals surface area contributed by atoms with E-state index in [-0.39, 0.29) is 11.7 Å². The van der Waals surface area contributed by atoms with Crippen LogP contribution < -0.4 is 5.32 Å². The molecule has 0 fully saturated rings. The van der Waals surface area contributed by atoms with Gasteiger partial charge in [-0.2, -0.15) is 0 Å². The highest BCUT2D eigenvalue weighted by Gasteiger charge is 2.22. The van der Waals surface area contributed by atoms with Crippen LogP contribution in [0.4, 0.5) is 0 Å². The second-order valence-electron chi connectivity index (χ2n) is 4.10. The van der Waals surface area contributed by atoms with Crippen molar-refractivity contribution in [2.75, 3.05) is 0 Å². The van der Waals surface area contributed by atoms with E-state index in [2.05, 4.69) is 21.2 Å². The van der Waals surface area contributed by atoms with Crippen molar-refractivity contribution in [1.29, 1.82) is 0 Å². The third kappa shape index (κ3) is 4.22. The molecule has 1 heterocycles. The van der Waals surface area contributed by atoms with Gasteiger partial charge in [0, 0.05) is 0 Å². The first-order valence-corrected chi connectivity index (χ1v) is 5.98. The van der Waals surface area contributed by atoms with Crippen LogP contribution in [0.5, 0.6) is 0 Å². The first-order valence-electron chi connectivity index (χ1n) is 5.19. The van der Waals surface area contributed by atoms with Gasteiger partial charge < -0.3 is 14.8 Å². The number of carboxylic acid groups (broad SMARTS) is 1. The quantitative estimate of drug-likeness (QED) is 0.874. The van der Waals surface area contributed by atoms with Crippen LogP contribution in [0.3, 0.4) is 0 Å². The molecule has 1 aromatic heterocycles. The molecule has 0 radical (unpaired) electrons. The van der Waals surface area contributed by atoms with Crippen LogP contribution in [0, 0.1) is 5.92 Å². The van der Waals surface area contributed by atoms with Crippen molar-refractivity contribution in [1.82, 2.24) is 5.32 Å². The van der Waals surface area contributed by atoms with E-state index in [0.717, 1.165) is 0 Å². The van der Waals surface area contributed by atoms with Gasteiger partial charge in [0.25, 0.3) is 5.91 Å². The molecule has 5 nitrogen and oxygen atoms in total. The topological polar surface area (TPSA) is 79.5 Å². The van der Waals surface area contributed by atoms with Crippen molar-refractivity contribution < 1.29 is 19.1 Å². The summed E-state index contributed by atoms with van der Waals surface area (Å²) in [7, 11) is 0. The van der Waals surface area contributed by atoms with Gasteiger partial charge in [-0.25, -0.2) is 4.79 Å². The Balaban J connectivity index is 2.67. The molecule has 0 aliphatic carbocycles. The predicted octanol–water partition coefficient (Wildman–Crippen LogP) is 2.27. The summed E-state index contributed by atoms with van der Waals surface area (Å²) in [5.74, 6) is -1.30. The molecule has 6 heteroatoms. The minimum atomic E-state index is -1.04. The highest BCUT2D eigenvalue weighted by Crippen LogP contribution is 2.14. The number of halogens is 1. The second kappa shape index (κ2) is 5.86. The van der Waals surface area contributed by atoms with E-state index in [1.807, 2.05) is 13.8 Å². The number of aliphatic carboxylic acids is 1. The Morgan fingerprint density at radius 2 is 2.12 bits per heavy atom. The van der Waals surface area contributed by atoms with Crippen molar-refractivity contribution in [2.24, 2.45) is 5.92 Å². The first-order chi connectivity index (χ1) is 7.90. The van der Waals surface area contributed by atoms with Gasteiger partial charge >= 0.3 is 5.97 Å². The second-order valence-corrected chi connectivity index (χ2v) is 4.88. The lowest BCUT2D eigenvalue weighted by atomic mass is 10.0. The molecule has 0 saturated carbocycles. The van der Waals surface area contributed by atoms with Crippen molar-refractivity contribution >= 4 is 27.8 Å². The summed E-state index contributed by atoms with van der Waals surface area (Å²) in [4.78, 5) is 22.6.